The van der Waals surface area contributed by atoms with Crippen molar-refractivity contribution in [3.8, 4) is 17.0 Å². The first-order valence-corrected chi connectivity index (χ1v) is 6.42. The summed E-state index contributed by atoms with van der Waals surface area (Å²) >= 11 is 1.71. The summed E-state index contributed by atoms with van der Waals surface area (Å²) < 4.78 is 5.39. The van der Waals surface area contributed by atoms with Gasteiger partial charge < -0.3 is 10.5 Å². The zero-order chi connectivity index (χ0) is 12.4. The molecule has 90 valence electrons. The molecule has 17 heavy (non-hydrogen) atoms. The second-order valence-electron chi connectivity index (χ2n) is 3.73. The summed E-state index contributed by atoms with van der Waals surface area (Å²) in [5, 5.41) is 6.84. The Kier molecular flexibility index (Phi) is 3.28. The molecule has 0 aliphatic carbocycles. The molecule has 2 rings (SSSR count). The van der Waals surface area contributed by atoms with Gasteiger partial charge in [0.1, 0.15) is 11.6 Å². The third-order valence-electron chi connectivity index (χ3n) is 2.60. The van der Waals surface area contributed by atoms with Crippen molar-refractivity contribution in [1.29, 1.82) is 0 Å². The summed E-state index contributed by atoms with van der Waals surface area (Å²) in [6, 6.07) is 5.92. The normalized spacial score (nSPS) is 10.5. The van der Waals surface area contributed by atoms with E-state index in [2.05, 4.69) is 29.4 Å². The number of aryl methyl sites for hydroxylation is 1. The molecular formula is C12H15N3OS. The molecule has 1 aromatic carbocycles. The number of nitrogens with two attached hydrogens (primary N) is 1. The van der Waals surface area contributed by atoms with Crippen LogP contribution in [0, 0.1) is 6.92 Å². The highest BCUT2D eigenvalue weighted by molar-refractivity contribution is 7.98. The molecule has 1 heterocycles. The average molecular weight is 249 g/mol. The van der Waals surface area contributed by atoms with Gasteiger partial charge in [0.05, 0.1) is 12.8 Å². The highest BCUT2D eigenvalue weighted by atomic mass is 32.2. The molecule has 5 heteroatoms. The van der Waals surface area contributed by atoms with E-state index >= 15 is 0 Å². The lowest BCUT2D eigenvalue weighted by Gasteiger charge is -2.11. The number of nitrogen functional groups attached to an aromatic ring is 1. The number of anilines is 1. The number of nitrogens with one attached hydrogen (secondary N) is 1. The number of aromatic amines is 1. The summed E-state index contributed by atoms with van der Waals surface area (Å²) in [4.78, 5) is 1.22. The van der Waals surface area contributed by atoms with Crippen molar-refractivity contribution >= 4 is 17.6 Å². The Morgan fingerprint density at radius 3 is 2.65 bits per heavy atom. The van der Waals surface area contributed by atoms with Crippen molar-refractivity contribution in [1.82, 2.24) is 10.2 Å². The summed E-state index contributed by atoms with van der Waals surface area (Å²) in [7, 11) is 1.66. The second-order valence-corrected chi connectivity index (χ2v) is 4.58. The standard InChI is InChI=1S/C12H15N3OS/c1-7-4-10(16-2)8(5-11(7)17-3)9-6-12(13)15-14-9/h4-6H,1-3H3,(H3,13,14,15). The van der Waals surface area contributed by atoms with Gasteiger partial charge >= 0.3 is 0 Å². The monoisotopic (exact) mass is 249 g/mol. The number of thioether (sulfide) groups is 1. The Labute approximate surface area is 105 Å². The van der Waals surface area contributed by atoms with Gasteiger partial charge in [0.25, 0.3) is 0 Å². The zero-order valence-electron chi connectivity index (χ0n) is 10.1. The molecule has 0 aliphatic rings. The van der Waals surface area contributed by atoms with Crippen LogP contribution in [0.1, 0.15) is 5.56 Å². The third kappa shape index (κ3) is 2.24. The van der Waals surface area contributed by atoms with Gasteiger partial charge in [-0.25, -0.2) is 0 Å². The smallest absolute Gasteiger partial charge is 0.145 e. The van der Waals surface area contributed by atoms with E-state index in [0.29, 0.717) is 5.82 Å². The van der Waals surface area contributed by atoms with Crippen LogP contribution in [0.3, 0.4) is 0 Å². The van der Waals surface area contributed by atoms with E-state index in [-0.39, 0.29) is 0 Å². The van der Waals surface area contributed by atoms with Gasteiger partial charge in [-0.15, -0.1) is 11.8 Å². The van der Waals surface area contributed by atoms with Gasteiger partial charge in [0.2, 0.25) is 0 Å². The number of rotatable bonds is 3. The molecule has 1 aromatic heterocycles. The first-order chi connectivity index (χ1) is 8.15. The minimum Gasteiger partial charge on any atom is -0.496 e. The third-order valence-corrected chi connectivity index (χ3v) is 3.48. The van der Waals surface area contributed by atoms with Gasteiger partial charge in [-0.05, 0) is 30.9 Å². The predicted molar refractivity (Wildman–Crippen MR) is 71.5 cm³/mol. The maximum Gasteiger partial charge on any atom is 0.145 e. The fraction of sp³-hybridized carbons (Fsp3) is 0.250. The molecule has 0 saturated carbocycles. The van der Waals surface area contributed by atoms with Crippen molar-refractivity contribution in [2.45, 2.75) is 11.8 Å². The lowest BCUT2D eigenvalue weighted by atomic mass is 10.1. The molecule has 0 radical (unpaired) electrons. The van der Waals surface area contributed by atoms with Gasteiger partial charge in [0.15, 0.2) is 0 Å². The van der Waals surface area contributed by atoms with Crippen LogP contribution < -0.4 is 10.5 Å². The van der Waals surface area contributed by atoms with E-state index in [1.807, 2.05) is 6.07 Å². The molecule has 0 aliphatic heterocycles. The summed E-state index contributed by atoms with van der Waals surface area (Å²) in [5.41, 5.74) is 8.67. The van der Waals surface area contributed by atoms with Gasteiger partial charge in [-0.3, -0.25) is 5.10 Å². The van der Waals surface area contributed by atoms with Crippen molar-refractivity contribution in [3.63, 3.8) is 0 Å². The lowest BCUT2D eigenvalue weighted by Crippen LogP contribution is -1.91. The zero-order valence-corrected chi connectivity index (χ0v) is 10.9. The van der Waals surface area contributed by atoms with Gasteiger partial charge in [0, 0.05) is 16.5 Å². The quantitative estimate of drug-likeness (QED) is 0.821. The van der Waals surface area contributed by atoms with Crippen LogP contribution in [0.4, 0.5) is 5.82 Å². The second kappa shape index (κ2) is 4.71. The lowest BCUT2D eigenvalue weighted by molar-refractivity contribution is 0.415. The van der Waals surface area contributed by atoms with Gasteiger partial charge in [-0.1, -0.05) is 0 Å². The van der Waals surface area contributed by atoms with Crippen molar-refractivity contribution in [2.75, 3.05) is 19.1 Å². The highest BCUT2D eigenvalue weighted by Crippen LogP contribution is 2.35. The molecule has 0 saturated heterocycles. The number of methoxy groups -OCH3 is 1. The molecular weight excluding hydrogens is 234 g/mol. The molecule has 0 amide bonds. The first kappa shape index (κ1) is 11.9. The number of benzene rings is 1. The number of hydrogen-bond donors (Lipinski definition) is 2. The van der Waals surface area contributed by atoms with Crippen molar-refractivity contribution < 1.29 is 4.74 Å². The van der Waals surface area contributed by atoms with E-state index in [0.717, 1.165) is 17.0 Å². The van der Waals surface area contributed by atoms with E-state index in [1.54, 1.807) is 24.9 Å². The Hall–Kier alpha value is -1.62. The maximum atomic E-state index is 5.62. The number of H-pyrrole nitrogens is 1. The number of hydrogen-bond acceptors (Lipinski definition) is 4. The van der Waals surface area contributed by atoms with Crippen LogP contribution in [-0.4, -0.2) is 23.6 Å². The predicted octanol–water partition coefficient (Wildman–Crippen LogP) is 2.70. The molecule has 3 N–H and O–H groups in total. The Bertz CT molecular complexity index is 537. The largest absolute Gasteiger partial charge is 0.496 e. The number of nitrogens with zero attached hydrogens (tertiary/aromatic N) is 1. The average Bonchev–Trinajstić information content (AvgIpc) is 2.75. The topological polar surface area (TPSA) is 63.9 Å². The maximum absolute atomic E-state index is 5.62. The SMILES string of the molecule is COc1cc(C)c(SC)cc1-c1cc(N)n[nH]1. The first-order valence-electron chi connectivity index (χ1n) is 5.19. The molecule has 0 atom stereocenters. The van der Waals surface area contributed by atoms with Crippen LogP contribution >= 0.6 is 11.8 Å². The Morgan fingerprint density at radius 1 is 1.35 bits per heavy atom. The molecule has 0 spiro atoms. The highest BCUT2D eigenvalue weighted by Gasteiger charge is 2.11. The van der Waals surface area contributed by atoms with Gasteiger partial charge in [-0.2, -0.15) is 5.10 Å². The molecule has 0 bridgehead atoms. The Balaban J connectivity index is 2.58. The number of ether oxygens (including phenoxy) is 1. The molecule has 0 unspecified atom stereocenters. The van der Waals surface area contributed by atoms with Crippen molar-refractivity contribution in [3.05, 3.63) is 23.8 Å². The van der Waals surface area contributed by atoms with Crippen LogP contribution in [0.5, 0.6) is 5.75 Å². The number of aromatic nitrogens is 2. The molecule has 4 nitrogen and oxygen atoms in total. The minimum absolute atomic E-state index is 0.480. The van der Waals surface area contributed by atoms with E-state index in [9.17, 15) is 0 Å². The van der Waals surface area contributed by atoms with Crippen LogP contribution in [0.25, 0.3) is 11.3 Å². The van der Waals surface area contributed by atoms with E-state index in [4.69, 9.17) is 10.5 Å². The van der Waals surface area contributed by atoms with Crippen LogP contribution in [0.2, 0.25) is 0 Å². The van der Waals surface area contributed by atoms with E-state index in [1.165, 1.54) is 10.5 Å². The molecule has 2 aromatic rings. The summed E-state index contributed by atoms with van der Waals surface area (Å²) in [6.07, 6.45) is 2.06. The summed E-state index contributed by atoms with van der Waals surface area (Å²) in [6.45, 7) is 2.07. The minimum atomic E-state index is 0.480. The molecule has 0 fully saturated rings. The van der Waals surface area contributed by atoms with Crippen LogP contribution in [-0.2, 0) is 0 Å². The Morgan fingerprint density at radius 2 is 2.12 bits per heavy atom. The fourth-order valence-electron chi connectivity index (χ4n) is 1.74. The van der Waals surface area contributed by atoms with Crippen molar-refractivity contribution in [2.24, 2.45) is 0 Å². The summed E-state index contributed by atoms with van der Waals surface area (Å²) in [5.74, 6) is 1.30. The van der Waals surface area contributed by atoms with Crippen LogP contribution in [0.15, 0.2) is 23.1 Å². The van der Waals surface area contributed by atoms with E-state index < -0.39 is 0 Å². The fourth-order valence-corrected chi connectivity index (χ4v) is 2.35.